The van der Waals surface area contributed by atoms with Crippen LogP contribution in [0.1, 0.15) is 12.0 Å². The van der Waals surface area contributed by atoms with E-state index < -0.39 is 12.0 Å². The Kier molecular flexibility index (Phi) is 4.92. The first kappa shape index (κ1) is 13.8. The summed E-state index contributed by atoms with van der Waals surface area (Å²) in [6.45, 7) is 3.46. The van der Waals surface area contributed by atoms with Gasteiger partial charge in [-0.05, 0) is 24.1 Å². The topological polar surface area (TPSA) is 92.4 Å². The van der Waals surface area contributed by atoms with E-state index in [1.807, 2.05) is 0 Å². The van der Waals surface area contributed by atoms with Crippen LogP contribution in [0.3, 0.4) is 0 Å². The van der Waals surface area contributed by atoms with Crippen molar-refractivity contribution >= 4 is 17.6 Å². The second-order valence-electron chi connectivity index (χ2n) is 3.90. The lowest BCUT2D eigenvalue weighted by atomic mass is 10.1. The van der Waals surface area contributed by atoms with Gasteiger partial charge in [0.1, 0.15) is 6.04 Å². The highest BCUT2D eigenvalue weighted by molar-refractivity contribution is 5.85. The summed E-state index contributed by atoms with van der Waals surface area (Å²) in [5.74, 6) is -1.41. The number of hydrogen-bond donors (Lipinski definition) is 3. The Bertz CT molecular complexity index is 440. The Morgan fingerprint density at radius 2 is 2.00 bits per heavy atom. The Balaban J connectivity index is 2.57. The van der Waals surface area contributed by atoms with Crippen molar-refractivity contribution in [1.82, 2.24) is 5.32 Å². The van der Waals surface area contributed by atoms with Gasteiger partial charge in [0.2, 0.25) is 5.91 Å². The predicted molar refractivity (Wildman–Crippen MR) is 68.9 cm³/mol. The quantitative estimate of drug-likeness (QED) is 0.516. The number of rotatable bonds is 6. The Labute approximate surface area is 105 Å². The van der Waals surface area contributed by atoms with E-state index in [0.29, 0.717) is 5.69 Å². The summed E-state index contributed by atoms with van der Waals surface area (Å²) in [7, 11) is 0. The summed E-state index contributed by atoms with van der Waals surface area (Å²) >= 11 is 0. The van der Waals surface area contributed by atoms with E-state index in [4.69, 9.17) is 10.8 Å². The fourth-order valence-corrected chi connectivity index (χ4v) is 1.45. The third-order valence-corrected chi connectivity index (χ3v) is 2.38. The SMILES string of the molecule is C=CCC(NC(=O)Cc1ccc(N)cc1)C(=O)O. The van der Waals surface area contributed by atoms with Crippen LogP contribution in [0.2, 0.25) is 0 Å². The number of aliphatic carboxylic acids is 1. The number of carbonyl (C=O) groups excluding carboxylic acids is 1. The molecule has 0 radical (unpaired) electrons. The maximum Gasteiger partial charge on any atom is 0.326 e. The largest absolute Gasteiger partial charge is 0.480 e. The Morgan fingerprint density at radius 1 is 1.39 bits per heavy atom. The van der Waals surface area contributed by atoms with E-state index in [-0.39, 0.29) is 18.7 Å². The van der Waals surface area contributed by atoms with Gasteiger partial charge in [0.25, 0.3) is 0 Å². The number of amides is 1. The van der Waals surface area contributed by atoms with Crippen molar-refractivity contribution in [3.63, 3.8) is 0 Å². The zero-order valence-electron chi connectivity index (χ0n) is 9.93. The van der Waals surface area contributed by atoms with Gasteiger partial charge in [-0.1, -0.05) is 18.2 Å². The summed E-state index contributed by atoms with van der Waals surface area (Å²) in [6, 6.07) is 5.93. The molecule has 0 aliphatic rings. The third kappa shape index (κ3) is 4.29. The van der Waals surface area contributed by atoms with E-state index in [1.165, 1.54) is 6.08 Å². The van der Waals surface area contributed by atoms with Gasteiger partial charge in [-0.2, -0.15) is 0 Å². The van der Waals surface area contributed by atoms with Crippen LogP contribution in [0.25, 0.3) is 0 Å². The lowest BCUT2D eigenvalue weighted by Gasteiger charge is -2.12. The standard InChI is InChI=1S/C13H16N2O3/c1-2-3-11(13(17)18)15-12(16)8-9-4-6-10(14)7-5-9/h2,4-7,11H,1,3,8,14H2,(H,15,16)(H,17,18). The molecular formula is C13H16N2O3. The number of anilines is 1. The van der Waals surface area contributed by atoms with Gasteiger partial charge in [-0.3, -0.25) is 4.79 Å². The number of carboxylic acids is 1. The summed E-state index contributed by atoms with van der Waals surface area (Å²) in [4.78, 5) is 22.5. The number of hydrogen-bond acceptors (Lipinski definition) is 3. The van der Waals surface area contributed by atoms with E-state index in [2.05, 4.69) is 11.9 Å². The van der Waals surface area contributed by atoms with Gasteiger partial charge >= 0.3 is 5.97 Å². The molecule has 0 aliphatic carbocycles. The first-order valence-corrected chi connectivity index (χ1v) is 5.50. The first-order chi connectivity index (χ1) is 8.52. The highest BCUT2D eigenvalue weighted by Crippen LogP contribution is 2.06. The molecule has 1 unspecified atom stereocenters. The molecule has 5 nitrogen and oxygen atoms in total. The number of nitrogens with two attached hydrogens (primary N) is 1. The second-order valence-corrected chi connectivity index (χ2v) is 3.90. The maximum absolute atomic E-state index is 11.6. The lowest BCUT2D eigenvalue weighted by Crippen LogP contribution is -2.41. The molecular weight excluding hydrogens is 232 g/mol. The summed E-state index contributed by atoms with van der Waals surface area (Å²) in [5, 5.41) is 11.3. The van der Waals surface area contributed by atoms with Crippen molar-refractivity contribution in [3.05, 3.63) is 42.5 Å². The number of benzene rings is 1. The van der Waals surface area contributed by atoms with Crippen molar-refractivity contribution in [2.24, 2.45) is 0 Å². The zero-order chi connectivity index (χ0) is 13.5. The molecule has 0 aromatic heterocycles. The fraction of sp³-hybridized carbons (Fsp3) is 0.231. The van der Waals surface area contributed by atoms with E-state index in [0.717, 1.165) is 5.56 Å². The predicted octanol–water partition coefficient (Wildman–Crippen LogP) is 0.957. The molecule has 0 saturated heterocycles. The van der Waals surface area contributed by atoms with Gasteiger partial charge in [0, 0.05) is 5.69 Å². The monoisotopic (exact) mass is 248 g/mol. The van der Waals surface area contributed by atoms with Crippen LogP contribution in [-0.4, -0.2) is 23.0 Å². The van der Waals surface area contributed by atoms with E-state index in [9.17, 15) is 9.59 Å². The minimum absolute atomic E-state index is 0.126. The minimum Gasteiger partial charge on any atom is -0.480 e. The number of carboxylic acid groups (broad SMARTS) is 1. The molecule has 1 amide bonds. The summed E-state index contributed by atoms with van der Waals surface area (Å²) in [5.41, 5.74) is 6.93. The Morgan fingerprint density at radius 3 is 2.50 bits per heavy atom. The van der Waals surface area contributed by atoms with Gasteiger partial charge < -0.3 is 16.2 Å². The zero-order valence-corrected chi connectivity index (χ0v) is 9.93. The van der Waals surface area contributed by atoms with Gasteiger partial charge in [0.15, 0.2) is 0 Å². The molecule has 0 saturated carbocycles. The first-order valence-electron chi connectivity index (χ1n) is 5.50. The molecule has 4 N–H and O–H groups in total. The lowest BCUT2D eigenvalue weighted by molar-refractivity contribution is -0.141. The molecule has 1 rings (SSSR count). The number of carbonyl (C=O) groups is 2. The molecule has 0 aliphatic heterocycles. The maximum atomic E-state index is 11.6. The van der Waals surface area contributed by atoms with Crippen LogP contribution in [0.5, 0.6) is 0 Å². The second kappa shape index (κ2) is 6.44. The molecule has 1 aromatic carbocycles. The number of nitrogens with one attached hydrogen (secondary N) is 1. The number of nitrogen functional groups attached to an aromatic ring is 1. The van der Waals surface area contributed by atoms with Crippen LogP contribution in [-0.2, 0) is 16.0 Å². The van der Waals surface area contributed by atoms with Crippen molar-refractivity contribution in [2.75, 3.05) is 5.73 Å². The third-order valence-electron chi connectivity index (χ3n) is 2.38. The van der Waals surface area contributed by atoms with Crippen molar-refractivity contribution in [3.8, 4) is 0 Å². The molecule has 0 spiro atoms. The van der Waals surface area contributed by atoms with Crippen LogP contribution < -0.4 is 11.1 Å². The molecule has 1 aromatic rings. The average molecular weight is 248 g/mol. The van der Waals surface area contributed by atoms with E-state index >= 15 is 0 Å². The van der Waals surface area contributed by atoms with Crippen LogP contribution in [0.15, 0.2) is 36.9 Å². The average Bonchev–Trinajstić information content (AvgIpc) is 2.31. The van der Waals surface area contributed by atoms with Crippen LogP contribution in [0.4, 0.5) is 5.69 Å². The smallest absolute Gasteiger partial charge is 0.326 e. The van der Waals surface area contributed by atoms with Crippen molar-refractivity contribution in [1.29, 1.82) is 0 Å². The van der Waals surface area contributed by atoms with Gasteiger partial charge in [-0.15, -0.1) is 6.58 Å². The highest BCUT2D eigenvalue weighted by atomic mass is 16.4. The van der Waals surface area contributed by atoms with Crippen molar-refractivity contribution < 1.29 is 14.7 Å². The van der Waals surface area contributed by atoms with Crippen molar-refractivity contribution in [2.45, 2.75) is 18.9 Å². The van der Waals surface area contributed by atoms with Gasteiger partial charge in [0.05, 0.1) is 6.42 Å². The highest BCUT2D eigenvalue weighted by Gasteiger charge is 2.18. The summed E-state index contributed by atoms with van der Waals surface area (Å²) < 4.78 is 0. The molecule has 5 heteroatoms. The normalized spacial score (nSPS) is 11.6. The molecule has 1 atom stereocenters. The Hall–Kier alpha value is -2.30. The molecule has 96 valence electrons. The molecule has 0 fully saturated rings. The van der Waals surface area contributed by atoms with E-state index in [1.54, 1.807) is 24.3 Å². The summed E-state index contributed by atoms with van der Waals surface area (Å²) in [6.07, 6.45) is 1.78. The minimum atomic E-state index is -1.07. The molecule has 0 bridgehead atoms. The molecule has 18 heavy (non-hydrogen) atoms. The van der Waals surface area contributed by atoms with Crippen LogP contribution in [0, 0.1) is 0 Å². The fourth-order valence-electron chi connectivity index (χ4n) is 1.45. The van der Waals surface area contributed by atoms with Crippen LogP contribution >= 0.6 is 0 Å². The molecule has 0 heterocycles. The van der Waals surface area contributed by atoms with Gasteiger partial charge in [-0.25, -0.2) is 4.79 Å².